The normalized spacial score (nSPS) is 21.3. The number of hydrogen-bond donors (Lipinski definition) is 2. The Bertz CT molecular complexity index is 568. The molecule has 0 saturated heterocycles. The Kier molecular flexibility index (Phi) is 3.58. The van der Waals surface area contributed by atoms with E-state index >= 15 is 0 Å². The number of rotatable bonds is 4. The maximum Gasteiger partial charge on any atom is 0.0461 e. The minimum Gasteiger partial charge on any atom is -0.398 e. The Hall–Kier alpha value is -1.32. The highest BCUT2D eigenvalue weighted by atomic mass is 79.9. The fourth-order valence-corrected chi connectivity index (χ4v) is 2.69. The van der Waals surface area contributed by atoms with Crippen molar-refractivity contribution in [1.29, 1.82) is 0 Å². The van der Waals surface area contributed by atoms with Gasteiger partial charge in [-0.05, 0) is 45.6 Å². The van der Waals surface area contributed by atoms with Gasteiger partial charge in [0, 0.05) is 28.7 Å². The van der Waals surface area contributed by atoms with E-state index in [-0.39, 0.29) is 0 Å². The second-order valence-corrected chi connectivity index (χ2v) is 5.95. The van der Waals surface area contributed by atoms with Gasteiger partial charge in [0.25, 0.3) is 0 Å². The largest absolute Gasteiger partial charge is 0.398 e. The molecule has 0 amide bonds. The van der Waals surface area contributed by atoms with Gasteiger partial charge in [0.1, 0.15) is 0 Å². The molecule has 0 spiro atoms. The molecule has 2 aromatic rings. The summed E-state index contributed by atoms with van der Waals surface area (Å²) in [7, 11) is 0. The Morgan fingerprint density at radius 1 is 1.16 bits per heavy atom. The van der Waals surface area contributed by atoms with E-state index in [0.717, 1.165) is 16.7 Å². The van der Waals surface area contributed by atoms with E-state index in [1.54, 1.807) is 0 Å². The van der Waals surface area contributed by atoms with Crippen LogP contribution < -0.4 is 11.1 Å². The first-order chi connectivity index (χ1) is 9.24. The molecule has 1 saturated carbocycles. The van der Waals surface area contributed by atoms with Crippen molar-refractivity contribution >= 4 is 21.6 Å². The summed E-state index contributed by atoms with van der Waals surface area (Å²) in [5, 5.41) is 3.60. The van der Waals surface area contributed by atoms with E-state index in [1.165, 1.54) is 17.5 Å². The van der Waals surface area contributed by atoms with Crippen LogP contribution in [0.3, 0.4) is 0 Å². The van der Waals surface area contributed by atoms with Crippen LogP contribution in [0, 0.1) is 0 Å². The molecular formula is C16H17BrN2. The van der Waals surface area contributed by atoms with Crippen LogP contribution in [0.5, 0.6) is 0 Å². The zero-order chi connectivity index (χ0) is 13.2. The van der Waals surface area contributed by atoms with Crippen molar-refractivity contribution in [3.05, 3.63) is 64.1 Å². The molecule has 2 atom stereocenters. The van der Waals surface area contributed by atoms with Crippen molar-refractivity contribution in [2.24, 2.45) is 0 Å². The van der Waals surface area contributed by atoms with E-state index in [4.69, 9.17) is 5.73 Å². The lowest BCUT2D eigenvalue weighted by molar-refractivity contribution is 0.673. The molecule has 0 radical (unpaired) electrons. The summed E-state index contributed by atoms with van der Waals surface area (Å²) < 4.78 is 0.963. The van der Waals surface area contributed by atoms with Gasteiger partial charge in [0.2, 0.25) is 0 Å². The molecule has 2 nitrogen and oxygen atoms in total. The van der Waals surface area contributed by atoms with Crippen LogP contribution in [0.15, 0.2) is 53.0 Å². The molecule has 98 valence electrons. The lowest BCUT2D eigenvalue weighted by Crippen LogP contribution is -2.17. The van der Waals surface area contributed by atoms with Gasteiger partial charge < -0.3 is 11.1 Å². The highest BCUT2D eigenvalue weighted by Crippen LogP contribution is 2.40. The second kappa shape index (κ2) is 5.35. The molecule has 3 rings (SSSR count). The standard InChI is InChI=1S/C16H17BrN2/c17-14-7-6-11(8-15(14)18)10-19-16-9-13(16)12-4-2-1-3-5-12/h1-8,13,16,19H,9-10,18H2. The zero-order valence-corrected chi connectivity index (χ0v) is 12.2. The van der Waals surface area contributed by atoms with Crippen molar-refractivity contribution in [2.75, 3.05) is 5.73 Å². The van der Waals surface area contributed by atoms with E-state index in [2.05, 4.69) is 57.6 Å². The van der Waals surface area contributed by atoms with E-state index < -0.39 is 0 Å². The highest BCUT2D eigenvalue weighted by molar-refractivity contribution is 9.10. The predicted octanol–water partition coefficient (Wildman–Crippen LogP) is 3.68. The molecule has 0 heterocycles. The molecule has 0 bridgehead atoms. The van der Waals surface area contributed by atoms with Gasteiger partial charge in [-0.15, -0.1) is 0 Å². The SMILES string of the molecule is Nc1cc(CNC2CC2c2ccccc2)ccc1Br. The lowest BCUT2D eigenvalue weighted by Gasteiger charge is -2.06. The first-order valence-corrected chi connectivity index (χ1v) is 7.35. The molecule has 19 heavy (non-hydrogen) atoms. The van der Waals surface area contributed by atoms with Gasteiger partial charge in [-0.3, -0.25) is 0 Å². The third-order valence-electron chi connectivity index (χ3n) is 3.65. The summed E-state index contributed by atoms with van der Waals surface area (Å²) in [6, 6.07) is 17.5. The van der Waals surface area contributed by atoms with E-state index in [1.807, 2.05) is 12.1 Å². The number of benzene rings is 2. The molecule has 1 aliphatic carbocycles. The maximum absolute atomic E-state index is 5.89. The van der Waals surface area contributed by atoms with Gasteiger partial charge in [-0.2, -0.15) is 0 Å². The van der Waals surface area contributed by atoms with Crippen molar-refractivity contribution in [3.63, 3.8) is 0 Å². The van der Waals surface area contributed by atoms with E-state index in [0.29, 0.717) is 12.0 Å². The Balaban J connectivity index is 1.56. The third-order valence-corrected chi connectivity index (χ3v) is 4.37. The van der Waals surface area contributed by atoms with Crippen LogP contribution in [-0.4, -0.2) is 6.04 Å². The average molecular weight is 317 g/mol. The molecule has 3 N–H and O–H groups in total. The zero-order valence-electron chi connectivity index (χ0n) is 10.6. The van der Waals surface area contributed by atoms with Gasteiger partial charge in [0.15, 0.2) is 0 Å². The first-order valence-electron chi connectivity index (χ1n) is 6.56. The summed E-state index contributed by atoms with van der Waals surface area (Å²) in [5.41, 5.74) is 9.36. The number of nitrogens with one attached hydrogen (secondary N) is 1. The van der Waals surface area contributed by atoms with Gasteiger partial charge >= 0.3 is 0 Å². The van der Waals surface area contributed by atoms with Gasteiger partial charge in [0.05, 0.1) is 0 Å². The molecule has 3 heteroatoms. The van der Waals surface area contributed by atoms with Crippen LogP contribution in [0.4, 0.5) is 5.69 Å². The maximum atomic E-state index is 5.89. The summed E-state index contributed by atoms with van der Waals surface area (Å²) in [6.45, 7) is 0.880. The minimum absolute atomic E-state index is 0.604. The number of hydrogen-bond acceptors (Lipinski definition) is 2. The number of anilines is 1. The minimum atomic E-state index is 0.604. The monoisotopic (exact) mass is 316 g/mol. The van der Waals surface area contributed by atoms with Crippen molar-refractivity contribution in [1.82, 2.24) is 5.32 Å². The van der Waals surface area contributed by atoms with Crippen molar-refractivity contribution in [3.8, 4) is 0 Å². The highest BCUT2D eigenvalue weighted by Gasteiger charge is 2.37. The molecule has 1 aliphatic rings. The fourth-order valence-electron chi connectivity index (χ4n) is 2.44. The fraction of sp³-hybridized carbons (Fsp3) is 0.250. The quantitative estimate of drug-likeness (QED) is 0.844. The molecule has 2 aromatic carbocycles. The lowest BCUT2D eigenvalue weighted by atomic mass is 10.1. The average Bonchev–Trinajstić information content (AvgIpc) is 3.21. The van der Waals surface area contributed by atoms with Gasteiger partial charge in [-0.25, -0.2) is 0 Å². The third kappa shape index (κ3) is 2.99. The Morgan fingerprint density at radius 3 is 2.68 bits per heavy atom. The molecule has 2 unspecified atom stereocenters. The summed E-state index contributed by atoms with van der Waals surface area (Å²) in [4.78, 5) is 0. The Labute approximate surface area is 122 Å². The van der Waals surface area contributed by atoms with Crippen LogP contribution in [0.25, 0.3) is 0 Å². The molecule has 1 fully saturated rings. The van der Waals surface area contributed by atoms with Crippen molar-refractivity contribution in [2.45, 2.75) is 24.9 Å². The summed E-state index contributed by atoms with van der Waals surface area (Å²) >= 11 is 3.42. The molecule has 0 aliphatic heterocycles. The number of halogens is 1. The van der Waals surface area contributed by atoms with Crippen LogP contribution >= 0.6 is 15.9 Å². The smallest absolute Gasteiger partial charge is 0.0461 e. The summed E-state index contributed by atoms with van der Waals surface area (Å²) in [6.07, 6.45) is 1.23. The molecule has 0 aromatic heterocycles. The topological polar surface area (TPSA) is 38.0 Å². The van der Waals surface area contributed by atoms with Crippen molar-refractivity contribution < 1.29 is 0 Å². The van der Waals surface area contributed by atoms with Crippen LogP contribution in [-0.2, 0) is 6.54 Å². The van der Waals surface area contributed by atoms with Crippen LogP contribution in [0.1, 0.15) is 23.5 Å². The number of nitrogen functional groups attached to an aromatic ring is 1. The predicted molar refractivity (Wildman–Crippen MR) is 83.0 cm³/mol. The van der Waals surface area contributed by atoms with Crippen LogP contribution in [0.2, 0.25) is 0 Å². The summed E-state index contributed by atoms with van der Waals surface area (Å²) in [5.74, 6) is 0.675. The Morgan fingerprint density at radius 2 is 1.95 bits per heavy atom. The number of nitrogens with two attached hydrogens (primary N) is 1. The van der Waals surface area contributed by atoms with E-state index in [9.17, 15) is 0 Å². The van der Waals surface area contributed by atoms with Gasteiger partial charge in [-0.1, -0.05) is 36.4 Å². The first kappa shape index (κ1) is 12.7. The molecular weight excluding hydrogens is 300 g/mol. The second-order valence-electron chi connectivity index (χ2n) is 5.10.